The van der Waals surface area contributed by atoms with Crippen LogP contribution in [0, 0.1) is 34.5 Å². The molecule has 0 radical (unpaired) electrons. The van der Waals surface area contributed by atoms with Crippen LogP contribution in [0.2, 0.25) is 0 Å². The van der Waals surface area contributed by atoms with E-state index in [1.165, 1.54) is 31.1 Å². The Morgan fingerprint density at radius 3 is 2.57 bits per heavy atom. The summed E-state index contributed by atoms with van der Waals surface area (Å²) in [6, 6.07) is 1.64. The maximum absolute atomic E-state index is 13.5. The van der Waals surface area contributed by atoms with Crippen LogP contribution in [-0.2, 0) is 14.4 Å². The molecule has 2 N–H and O–H groups in total. The number of likely N-dealkylation sites (tertiary alicyclic amines) is 1. The number of hydrogen-bond donors (Lipinski definition) is 2. The van der Waals surface area contributed by atoms with Crippen molar-refractivity contribution in [1.29, 1.82) is 5.26 Å². The Bertz CT molecular complexity index is 1290. The summed E-state index contributed by atoms with van der Waals surface area (Å²) in [6.07, 6.45) is -2.18. The van der Waals surface area contributed by atoms with Gasteiger partial charge in [0.25, 0.3) is 0 Å². The van der Waals surface area contributed by atoms with Crippen molar-refractivity contribution >= 4 is 28.6 Å². The monoisotopic (exact) mass is 517 g/mol. The molecule has 37 heavy (non-hydrogen) atoms. The second kappa shape index (κ2) is 9.24. The van der Waals surface area contributed by atoms with Crippen LogP contribution in [0.25, 0.3) is 10.9 Å². The van der Waals surface area contributed by atoms with Crippen LogP contribution in [0.15, 0.2) is 24.5 Å². The highest BCUT2D eigenvalue weighted by Gasteiger charge is 2.69. The molecular weight excluding hydrogens is 491 g/mol. The fourth-order valence-electron chi connectivity index (χ4n) is 5.25. The molecule has 13 heteroatoms. The highest BCUT2D eigenvalue weighted by molar-refractivity contribution is 5.95. The van der Waals surface area contributed by atoms with E-state index in [2.05, 4.69) is 20.5 Å². The second-order valence-corrected chi connectivity index (χ2v) is 10.3. The van der Waals surface area contributed by atoms with E-state index in [9.17, 15) is 32.8 Å². The molecule has 0 aromatic carbocycles. The van der Waals surface area contributed by atoms with Gasteiger partial charge in [-0.05, 0) is 35.3 Å². The number of carbonyl (C=O) groups excluding carboxylic acids is 3. The van der Waals surface area contributed by atoms with Gasteiger partial charge in [-0.25, -0.2) is 0 Å². The Hall–Kier alpha value is -3.82. The Labute approximate surface area is 210 Å². The largest absolute Gasteiger partial charge is 0.471 e. The third kappa shape index (κ3) is 4.68. The molecular formula is C24H26F3N7O3. The minimum absolute atomic E-state index is 0.0575. The molecule has 1 saturated carbocycles. The van der Waals surface area contributed by atoms with Crippen LogP contribution >= 0.6 is 0 Å². The molecule has 1 aliphatic carbocycles. The van der Waals surface area contributed by atoms with Crippen LogP contribution < -0.4 is 10.6 Å². The van der Waals surface area contributed by atoms with Gasteiger partial charge in [0.15, 0.2) is 6.04 Å². The molecule has 3 heterocycles. The van der Waals surface area contributed by atoms with E-state index in [0.29, 0.717) is 10.9 Å². The number of aromatic nitrogens is 3. The Morgan fingerprint density at radius 2 is 1.95 bits per heavy atom. The summed E-state index contributed by atoms with van der Waals surface area (Å²) >= 11 is 0. The number of piperidine rings is 1. The third-order valence-electron chi connectivity index (χ3n) is 7.37. The predicted molar refractivity (Wildman–Crippen MR) is 123 cm³/mol. The van der Waals surface area contributed by atoms with E-state index < -0.39 is 47.9 Å². The summed E-state index contributed by atoms with van der Waals surface area (Å²) in [6.45, 7) is 7.04. The van der Waals surface area contributed by atoms with Gasteiger partial charge < -0.3 is 15.5 Å². The molecule has 1 aliphatic heterocycles. The van der Waals surface area contributed by atoms with Crippen molar-refractivity contribution in [2.75, 3.05) is 6.54 Å². The van der Waals surface area contributed by atoms with Crippen molar-refractivity contribution in [3.8, 4) is 6.07 Å². The quantitative estimate of drug-likeness (QED) is 0.596. The number of nitrogens with one attached hydrogen (secondary N) is 2. The number of rotatable bonds is 6. The number of nitrogens with zero attached hydrogens (tertiary/aromatic N) is 5. The Balaban J connectivity index is 1.61. The number of hydrogen-bond acceptors (Lipinski definition) is 7. The molecule has 5 atom stereocenters. The zero-order chi connectivity index (χ0) is 27.3. The van der Waals surface area contributed by atoms with Crippen molar-refractivity contribution in [1.82, 2.24) is 30.7 Å². The predicted octanol–water partition coefficient (Wildman–Crippen LogP) is 1.89. The van der Waals surface area contributed by atoms with Gasteiger partial charge in [0, 0.05) is 18.1 Å². The SMILES string of the molecule is CC(C)C(NC(=O)C(F)(F)F)C(=O)N1C[C@H]2[C@@H]([C@H]1C(=O)NC(C#N)c1nncc3cccnc13)C2(C)C. The number of nitriles is 1. The summed E-state index contributed by atoms with van der Waals surface area (Å²) in [5.74, 6) is -4.64. The van der Waals surface area contributed by atoms with Crippen LogP contribution in [0.3, 0.4) is 0 Å². The average Bonchev–Trinajstić information content (AvgIpc) is 3.17. The number of alkyl halides is 3. The van der Waals surface area contributed by atoms with E-state index in [0.717, 1.165) is 0 Å². The molecule has 2 fully saturated rings. The minimum atomic E-state index is -5.16. The topological polar surface area (TPSA) is 141 Å². The van der Waals surface area contributed by atoms with Crippen molar-refractivity contribution in [2.45, 2.75) is 52.0 Å². The van der Waals surface area contributed by atoms with Crippen molar-refractivity contribution in [3.63, 3.8) is 0 Å². The lowest BCUT2D eigenvalue weighted by molar-refractivity contribution is -0.175. The van der Waals surface area contributed by atoms with E-state index in [1.54, 1.807) is 17.4 Å². The maximum Gasteiger partial charge on any atom is 0.471 e. The first-order valence-electron chi connectivity index (χ1n) is 11.7. The van der Waals surface area contributed by atoms with E-state index >= 15 is 0 Å². The van der Waals surface area contributed by atoms with E-state index in [-0.39, 0.29) is 29.5 Å². The lowest BCUT2D eigenvalue weighted by Crippen LogP contribution is -2.58. The van der Waals surface area contributed by atoms with E-state index in [1.807, 2.05) is 19.9 Å². The maximum atomic E-state index is 13.5. The molecule has 4 rings (SSSR count). The van der Waals surface area contributed by atoms with Crippen LogP contribution in [0.4, 0.5) is 13.2 Å². The highest BCUT2D eigenvalue weighted by Crippen LogP contribution is 2.65. The van der Waals surface area contributed by atoms with Gasteiger partial charge in [-0.1, -0.05) is 27.7 Å². The number of fused-ring (bicyclic) bond motifs is 2. The lowest BCUT2D eigenvalue weighted by atomic mass is 9.97. The average molecular weight is 518 g/mol. The van der Waals surface area contributed by atoms with Crippen molar-refractivity contribution in [3.05, 3.63) is 30.2 Å². The van der Waals surface area contributed by atoms with Crippen LogP contribution in [0.1, 0.15) is 39.4 Å². The molecule has 196 valence electrons. The van der Waals surface area contributed by atoms with Gasteiger partial charge in [-0.15, -0.1) is 5.10 Å². The first-order valence-corrected chi connectivity index (χ1v) is 11.7. The smallest absolute Gasteiger partial charge is 0.336 e. The molecule has 10 nitrogen and oxygen atoms in total. The summed E-state index contributed by atoms with van der Waals surface area (Å²) < 4.78 is 38.7. The first-order chi connectivity index (χ1) is 17.3. The first kappa shape index (κ1) is 26.2. The van der Waals surface area contributed by atoms with Gasteiger partial charge in [-0.3, -0.25) is 19.4 Å². The number of carbonyl (C=O) groups is 3. The standard InChI is InChI=1S/C24H26F3N7O3/c1-11(2)16(32-22(37)24(25,26)27)21(36)34-10-13-15(23(13,3)4)19(34)20(35)31-14(8-28)18-17-12(9-30-33-18)6-5-7-29-17/h5-7,9,11,13-16,19H,10H2,1-4H3,(H,31,35)(H,32,37)/t13-,14?,15-,16?,19-/m0/s1. The second-order valence-electron chi connectivity index (χ2n) is 10.3. The van der Waals surface area contributed by atoms with E-state index in [4.69, 9.17) is 0 Å². The molecule has 0 spiro atoms. The fraction of sp³-hybridized carbons (Fsp3) is 0.542. The van der Waals surface area contributed by atoms with Crippen molar-refractivity contribution < 1.29 is 27.6 Å². The fourth-order valence-corrected chi connectivity index (χ4v) is 5.25. The normalized spacial score (nSPS) is 23.6. The van der Waals surface area contributed by atoms with Gasteiger partial charge in [-0.2, -0.15) is 23.5 Å². The number of amides is 3. The third-order valence-corrected chi connectivity index (χ3v) is 7.37. The lowest BCUT2D eigenvalue weighted by Gasteiger charge is -2.34. The minimum Gasteiger partial charge on any atom is -0.336 e. The van der Waals surface area contributed by atoms with Gasteiger partial charge in [0.05, 0.1) is 17.8 Å². The molecule has 0 bridgehead atoms. The molecule has 2 aromatic heterocycles. The summed E-state index contributed by atoms with van der Waals surface area (Å²) in [4.78, 5) is 44.0. The number of halogens is 3. The zero-order valence-electron chi connectivity index (χ0n) is 20.6. The zero-order valence-corrected chi connectivity index (χ0v) is 20.6. The van der Waals surface area contributed by atoms with Crippen LogP contribution in [0.5, 0.6) is 0 Å². The molecule has 3 amide bonds. The number of pyridine rings is 1. The molecule has 2 unspecified atom stereocenters. The highest BCUT2D eigenvalue weighted by atomic mass is 19.4. The Kier molecular flexibility index (Phi) is 6.56. The molecule has 2 aromatic rings. The molecule has 2 aliphatic rings. The molecule has 1 saturated heterocycles. The Morgan fingerprint density at radius 1 is 1.24 bits per heavy atom. The summed E-state index contributed by atoms with van der Waals surface area (Å²) in [7, 11) is 0. The van der Waals surface area contributed by atoms with Gasteiger partial charge in [0.1, 0.15) is 17.8 Å². The van der Waals surface area contributed by atoms with Crippen LogP contribution in [-0.4, -0.2) is 62.6 Å². The van der Waals surface area contributed by atoms with Gasteiger partial charge in [0.2, 0.25) is 11.8 Å². The van der Waals surface area contributed by atoms with Crippen molar-refractivity contribution in [2.24, 2.45) is 23.2 Å². The summed E-state index contributed by atoms with van der Waals surface area (Å²) in [5.41, 5.74) is 0.224. The summed E-state index contributed by atoms with van der Waals surface area (Å²) in [5, 5.41) is 22.7. The van der Waals surface area contributed by atoms with Gasteiger partial charge >= 0.3 is 12.1 Å².